The van der Waals surface area contributed by atoms with Crippen LogP contribution in [0.15, 0.2) is 18.9 Å². The predicted octanol–water partition coefficient (Wildman–Crippen LogP) is 1.90. The van der Waals surface area contributed by atoms with Crippen molar-refractivity contribution in [3.8, 4) is 0 Å². The van der Waals surface area contributed by atoms with Crippen molar-refractivity contribution < 1.29 is 4.79 Å². The molecule has 4 heteroatoms. The maximum atomic E-state index is 11.0. The lowest BCUT2D eigenvalue weighted by molar-refractivity contribution is -0.111. The maximum absolute atomic E-state index is 11.0. The van der Waals surface area contributed by atoms with E-state index in [0.29, 0.717) is 11.9 Å². The molecule has 0 aliphatic heterocycles. The topological polar surface area (TPSA) is 46.9 Å². The Balaban J connectivity index is 2.87. The number of anilines is 1. The first-order valence-corrected chi connectivity index (χ1v) is 4.53. The summed E-state index contributed by atoms with van der Waals surface area (Å²) in [4.78, 5) is 11.0. The van der Waals surface area contributed by atoms with Crippen molar-refractivity contribution in [3.63, 3.8) is 0 Å². The van der Waals surface area contributed by atoms with E-state index in [1.165, 1.54) is 6.08 Å². The molecule has 0 aliphatic rings. The van der Waals surface area contributed by atoms with Gasteiger partial charge in [0, 0.05) is 17.8 Å². The van der Waals surface area contributed by atoms with Gasteiger partial charge in [-0.05, 0) is 26.8 Å². The fraction of sp³-hybridized carbons (Fsp3) is 0.400. The summed E-state index contributed by atoms with van der Waals surface area (Å²) in [7, 11) is 0. The summed E-state index contributed by atoms with van der Waals surface area (Å²) in [6.07, 6.45) is 3.14. The second-order valence-corrected chi connectivity index (χ2v) is 3.43. The van der Waals surface area contributed by atoms with Gasteiger partial charge in [-0.15, -0.1) is 0 Å². The first kappa shape index (κ1) is 10.5. The van der Waals surface area contributed by atoms with Crippen molar-refractivity contribution in [2.24, 2.45) is 0 Å². The summed E-state index contributed by atoms with van der Waals surface area (Å²) in [5, 5.41) is 6.88. The Kier molecular flexibility index (Phi) is 3.06. The monoisotopic (exact) mass is 193 g/mol. The molecule has 1 amide bonds. The fourth-order valence-corrected chi connectivity index (χ4v) is 1.04. The number of rotatable bonds is 3. The van der Waals surface area contributed by atoms with Gasteiger partial charge in [0.05, 0.1) is 0 Å². The number of hydrogen-bond acceptors (Lipinski definition) is 2. The minimum atomic E-state index is -0.234. The van der Waals surface area contributed by atoms with E-state index in [2.05, 4.69) is 17.0 Å². The third kappa shape index (κ3) is 2.22. The van der Waals surface area contributed by atoms with E-state index < -0.39 is 0 Å². The highest BCUT2D eigenvalue weighted by Crippen LogP contribution is 2.14. The largest absolute Gasteiger partial charge is 0.305 e. The minimum Gasteiger partial charge on any atom is -0.305 e. The number of aryl methyl sites for hydroxylation is 1. The second kappa shape index (κ2) is 4.09. The molecule has 0 aromatic carbocycles. The highest BCUT2D eigenvalue weighted by molar-refractivity contribution is 5.98. The number of aromatic nitrogens is 2. The summed E-state index contributed by atoms with van der Waals surface area (Å²) >= 11 is 0. The molecule has 0 atom stereocenters. The molecule has 0 saturated heterocycles. The summed E-state index contributed by atoms with van der Waals surface area (Å²) in [5.41, 5.74) is 0.953. The van der Waals surface area contributed by atoms with Gasteiger partial charge in [-0.1, -0.05) is 6.58 Å². The second-order valence-electron chi connectivity index (χ2n) is 3.43. The van der Waals surface area contributed by atoms with Crippen LogP contribution in [0, 0.1) is 6.92 Å². The van der Waals surface area contributed by atoms with E-state index in [-0.39, 0.29) is 5.91 Å². The highest BCUT2D eigenvalue weighted by atomic mass is 16.1. The van der Waals surface area contributed by atoms with Crippen LogP contribution in [0.1, 0.15) is 25.5 Å². The number of carbonyl (C=O) groups excluding carboxylic acids is 1. The average molecular weight is 193 g/mol. The first-order valence-electron chi connectivity index (χ1n) is 4.53. The molecular weight excluding hydrogens is 178 g/mol. The SMILES string of the molecule is C=CC(=O)Nc1nn(C(C)C)cc1C. The minimum absolute atomic E-state index is 0.234. The molecule has 1 aromatic rings. The van der Waals surface area contributed by atoms with Gasteiger partial charge in [0.25, 0.3) is 0 Å². The van der Waals surface area contributed by atoms with Crippen LogP contribution >= 0.6 is 0 Å². The Labute approximate surface area is 83.6 Å². The van der Waals surface area contributed by atoms with E-state index in [0.717, 1.165) is 5.56 Å². The lowest BCUT2D eigenvalue weighted by atomic mass is 10.3. The Bertz CT molecular complexity index is 352. The molecular formula is C10H15N3O. The average Bonchev–Trinajstić information content (AvgIpc) is 2.48. The lowest BCUT2D eigenvalue weighted by Crippen LogP contribution is -2.09. The number of nitrogens with zero attached hydrogens (tertiary/aromatic N) is 2. The quantitative estimate of drug-likeness (QED) is 0.745. The first-order chi connectivity index (χ1) is 6.54. The van der Waals surface area contributed by atoms with Crippen molar-refractivity contribution in [2.75, 3.05) is 5.32 Å². The van der Waals surface area contributed by atoms with Crippen LogP contribution in [-0.4, -0.2) is 15.7 Å². The van der Waals surface area contributed by atoms with Crippen molar-refractivity contribution in [1.82, 2.24) is 9.78 Å². The van der Waals surface area contributed by atoms with E-state index in [4.69, 9.17) is 0 Å². The molecule has 0 spiro atoms. The standard InChI is InChI=1S/C10H15N3O/c1-5-9(14)11-10-8(4)6-13(12-10)7(2)3/h5-7H,1H2,2-4H3,(H,11,12,14). The van der Waals surface area contributed by atoms with Crippen LogP contribution in [0.3, 0.4) is 0 Å². The number of nitrogens with one attached hydrogen (secondary N) is 1. The third-order valence-electron chi connectivity index (χ3n) is 1.87. The highest BCUT2D eigenvalue weighted by Gasteiger charge is 2.08. The van der Waals surface area contributed by atoms with Crippen LogP contribution in [0.2, 0.25) is 0 Å². The number of carbonyl (C=O) groups is 1. The van der Waals surface area contributed by atoms with Crippen LogP contribution in [0.25, 0.3) is 0 Å². The molecule has 0 bridgehead atoms. The van der Waals surface area contributed by atoms with Gasteiger partial charge in [-0.2, -0.15) is 5.10 Å². The fourth-order valence-electron chi connectivity index (χ4n) is 1.04. The molecule has 0 radical (unpaired) electrons. The van der Waals surface area contributed by atoms with Gasteiger partial charge in [0.2, 0.25) is 5.91 Å². The van der Waals surface area contributed by atoms with Crippen LogP contribution in [-0.2, 0) is 4.79 Å². The van der Waals surface area contributed by atoms with Crippen molar-refractivity contribution in [1.29, 1.82) is 0 Å². The van der Waals surface area contributed by atoms with Crippen LogP contribution in [0.4, 0.5) is 5.82 Å². The van der Waals surface area contributed by atoms with Gasteiger partial charge in [0.15, 0.2) is 5.82 Å². The van der Waals surface area contributed by atoms with Crippen molar-refractivity contribution in [3.05, 3.63) is 24.4 Å². The molecule has 1 rings (SSSR count). The Morgan fingerprint density at radius 3 is 2.79 bits per heavy atom. The number of amides is 1. The molecule has 0 aliphatic carbocycles. The summed E-state index contributed by atoms with van der Waals surface area (Å²) in [6, 6.07) is 0.295. The zero-order valence-corrected chi connectivity index (χ0v) is 8.74. The predicted molar refractivity (Wildman–Crippen MR) is 56.2 cm³/mol. The Hall–Kier alpha value is -1.58. The molecule has 1 aromatic heterocycles. The molecule has 0 fully saturated rings. The molecule has 1 heterocycles. The van der Waals surface area contributed by atoms with Crippen molar-refractivity contribution >= 4 is 11.7 Å². The third-order valence-corrected chi connectivity index (χ3v) is 1.87. The summed E-state index contributed by atoms with van der Waals surface area (Å²) in [5.74, 6) is 0.366. The van der Waals surface area contributed by atoms with Gasteiger partial charge in [0.1, 0.15) is 0 Å². The maximum Gasteiger partial charge on any atom is 0.248 e. The van der Waals surface area contributed by atoms with Crippen molar-refractivity contribution in [2.45, 2.75) is 26.8 Å². The van der Waals surface area contributed by atoms with E-state index >= 15 is 0 Å². The van der Waals surface area contributed by atoms with Gasteiger partial charge in [-0.25, -0.2) is 0 Å². The molecule has 76 valence electrons. The summed E-state index contributed by atoms with van der Waals surface area (Å²) in [6.45, 7) is 9.36. The normalized spacial score (nSPS) is 10.3. The van der Waals surface area contributed by atoms with Gasteiger partial charge in [-0.3, -0.25) is 9.48 Å². The smallest absolute Gasteiger partial charge is 0.248 e. The molecule has 4 nitrogen and oxygen atoms in total. The Morgan fingerprint density at radius 2 is 2.36 bits per heavy atom. The Morgan fingerprint density at radius 1 is 1.71 bits per heavy atom. The molecule has 0 unspecified atom stereocenters. The van der Waals surface area contributed by atoms with Gasteiger partial charge < -0.3 is 5.32 Å². The van der Waals surface area contributed by atoms with E-state index in [1.54, 1.807) is 0 Å². The van der Waals surface area contributed by atoms with Crippen LogP contribution < -0.4 is 5.32 Å². The molecule has 0 saturated carbocycles. The lowest BCUT2D eigenvalue weighted by Gasteiger charge is -2.03. The zero-order chi connectivity index (χ0) is 10.7. The molecule has 1 N–H and O–H groups in total. The van der Waals surface area contributed by atoms with E-state index in [1.807, 2.05) is 31.6 Å². The molecule has 14 heavy (non-hydrogen) atoms. The van der Waals surface area contributed by atoms with Gasteiger partial charge >= 0.3 is 0 Å². The zero-order valence-electron chi connectivity index (χ0n) is 8.74. The summed E-state index contributed by atoms with van der Waals surface area (Å²) < 4.78 is 1.81. The van der Waals surface area contributed by atoms with Crippen LogP contribution in [0.5, 0.6) is 0 Å². The van der Waals surface area contributed by atoms with E-state index in [9.17, 15) is 4.79 Å². The number of hydrogen-bond donors (Lipinski definition) is 1.